The molecule has 0 radical (unpaired) electrons. The Morgan fingerprint density at radius 3 is 2.67 bits per heavy atom. The van der Waals surface area contributed by atoms with Crippen LogP contribution in [-0.4, -0.2) is 66.2 Å². The zero-order chi connectivity index (χ0) is 17.5. The Balaban J connectivity index is 2.02. The summed E-state index contributed by atoms with van der Waals surface area (Å²) in [5, 5.41) is 13.1. The highest BCUT2D eigenvalue weighted by Crippen LogP contribution is 2.20. The SMILES string of the molecule is CC[C@H](CO)N(Cc1ccc(C)s1)C(=O)CN(C)C1CCNCC1. The van der Waals surface area contributed by atoms with Gasteiger partial charge in [0.1, 0.15) is 0 Å². The molecule has 0 bridgehead atoms. The van der Waals surface area contributed by atoms with Crippen molar-refractivity contribution in [2.24, 2.45) is 0 Å². The molecule has 1 aromatic heterocycles. The van der Waals surface area contributed by atoms with Crippen LogP contribution < -0.4 is 5.32 Å². The lowest BCUT2D eigenvalue weighted by Crippen LogP contribution is -2.49. The molecule has 136 valence electrons. The topological polar surface area (TPSA) is 55.8 Å². The number of aryl methyl sites for hydroxylation is 1. The van der Waals surface area contributed by atoms with E-state index in [2.05, 4.69) is 29.3 Å². The van der Waals surface area contributed by atoms with E-state index < -0.39 is 0 Å². The van der Waals surface area contributed by atoms with E-state index in [-0.39, 0.29) is 18.6 Å². The number of thiophene rings is 1. The molecular formula is C18H31N3O2S. The van der Waals surface area contributed by atoms with Crippen molar-refractivity contribution in [3.63, 3.8) is 0 Å². The molecule has 2 heterocycles. The third-order valence-electron chi connectivity index (χ3n) is 4.88. The number of nitrogens with one attached hydrogen (secondary N) is 1. The van der Waals surface area contributed by atoms with Gasteiger partial charge in [0.05, 0.1) is 25.7 Å². The van der Waals surface area contributed by atoms with Crippen LogP contribution in [-0.2, 0) is 11.3 Å². The lowest BCUT2D eigenvalue weighted by atomic mass is 10.1. The molecule has 1 aliphatic rings. The summed E-state index contributed by atoms with van der Waals surface area (Å²) in [5.41, 5.74) is 0. The van der Waals surface area contributed by atoms with Gasteiger partial charge in [0.25, 0.3) is 0 Å². The first-order chi connectivity index (χ1) is 11.5. The van der Waals surface area contributed by atoms with Crippen LogP contribution in [0.3, 0.4) is 0 Å². The van der Waals surface area contributed by atoms with E-state index in [1.54, 1.807) is 11.3 Å². The second-order valence-corrected chi connectivity index (χ2v) is 8.05. The Labute approximate surface area is 149 Å². The lowest BCUT2D eigenvalue weighted by molar-refractivity contribution is -0.136. The van der Waals surface area contributed by atoms with E-state index >= 15 is 0 Å². The van der Waals surface area contributed by atoms with E-state index in [1.807, 2.05) is 18.9 Å². The molecule has 2 N–H and O–H groups in total. The Bertz CT molecular complexity index is 510. The van der Waals surface area contributed by atoms with Crippen LogP contribution in [0.15, 0.2) is 12.1 Å². The maximum atomic E-state index is 12.9. The summed E-state index contributed by atoms with van der Waals surface area (Å²) in [6, 6.07) is 4.53. The van der Waals surface area contributed by atoms with Crippen molar-refractivity contribution in [2.75, 3.05) is 33.3 Å². The van der Waals surface area contributed by atoms with Gasteiger partial charge in [-0.2, -0.15) is 0 Å². The monoisotopic (exact) mass is 353 g/mol. The molecule has 1 amide bonds. The summed E-state index contributed by atoms with van der Waals surface area (Å²) in [6.45, 7) is 7.18. The second-order valence-electron chi connectivity index (χ2n) is 6.67. The van der Waals surface area contributed by atoms with Crippen molar-refractivity contribution in [3.8, 4) is 0 Å². The summed E-state index contributed by atoms with van der Waals surface area (Å²) >= 11 is 1.72. The number of likely N-dealkylation sites (N-methyl/N-ethyl adjacent to an activating group) is 1. The van der Waals surface area contributed by atoms with Crippen LogP contribution in [0, 0.1) is 6.92 Å². The van der Waals surface area contributed by atoms with Crippen LogP contribution >= 0.6 is 11.3 Å². The summed E-state index contributed by atoms with van der Waals surface area (Å²) in [5.74, 6) is 0.114. The Morgan fingerprint density at radius 2 is 2.12 bits per heavy atom. The first-order valence-electron chi connectivity index (χ1n) is 8.91. The first-order valence-corrected chi connectivity index (χ1v) is 9.73. The zero-order valence-electron chi connectivity index (χ0n) is 15.1. The van der Waals surface area contributed by atoms with Crippen LogP contribution in [0.5, 0.6) is 0 Å². The summed E-state index contributed by atoms with van der Waals surface area (Å²) in [7, 11) is 2.04. The van der Waals surface area contributed by atoms with E-state index in [9.17, 15) is 9.90 Å². The molecule has 0 unspecified atom stereocenters. The smallest absolute Gasteiger partial charge is 0.237 e. The van der Waals surface area contributed by atoms with Crippen molar-refractivity contribution >= 4 is 17.2 Å². The number of carbonyl (C=O) groups excluding carboxylic acids is 1. The van der Waals surface area contributed by atoms with E-state index in [0.717, 1.165) is 32.4 Å². The quantitative estimate of drug-likeness (QED) is 0.749. The zero-order valence-corrected chi connectivity index (χ0v) is 15.9. The number of aliphatic hydroxyl groups is 1. The largest absolute Gasteiger partial charge is 0.394 e. The Hall–Kier alpha value is -0.950. The van der Waals surface area contributed by atoms with Gasteiger partial charge in [0, 0.05) is 15.8 Å². The van der Waals surface area contributed by atoms with Gasteiger partial charge in [0.15, 0.2) is 0 Å². The highest BCUT2D eigenvalue weighted by molar-refractivity contribution is 7.11. The number of amides is 1. The number of hydrogen-bond donors (Lipinski definition) is 2. The number of nitrogens with zero attached hydrogens (tertiary/aromatic N) is 2. The molecule has 0 spiro atoms. The van der Waals surface area contributed by atoms with Gasteiger partial charge in [0.2, 0.25) is 5.91 Å². The Kier molecular flexibility index (Phi) is 7.68. The highest BCUT2D eigenvalue weighted by atomic mass is 32.1. The molecule has 1 aliphatic heterocycles. The van der Waals surface area contributed by atoms with Gasteiger partial charge in [-0.25, -0.2) is 0 Å². The summed E-state index contributed by atoms with van der Waals surface area (Å²) < 4.78 is 0. The Morgan fingerprint density at radius 1 is 1.42 bits per heavy atom. The van der Waals surface area contributed by atoms with E-state index in [0.29, 0.717) is 19.1 Å². The first kappa shape index (κ1) is 19.4. The predicted molar refractivity (Wildman–Crippen MR) is 99.3 cm³/mol. The number of rotatable bonds is 8. The van der Waals surface area contributed by atoms with Crippen molar-refractivity contribution in [2.45, 2.75) is 51.7 Å². The van der Waals surface area contributed by atoms with Crippen LogP contribution in [0.25, 0.3) is 0 Å². The van der Waals surface area contributed by atoms with Gasteiger partial charge >= 0.3 is 0 Å². The van der Waals surface area contributed by atoms with Crippen LogP contribution in [0.2, 0.25) is 0 Å². The fourth-order valence-corrected chi connectivity index (χ4v) is 4.18. The van der Waals surface area contributed by atoms with E-state index in [4.69, 9.17) is 0 Å². The van der Waals surface area contributed by atoms with Gasteiger partial charge in [-0.05, 0) is 58.5 Å². The third kappa shape index (κ3) is 5.28. The normalized spacial score (nSPS) is 17.2. The van der Waals surface area contributed by atoms with Gasteiger partial charge in [-0.1, -0.05) is 6.92 Å². The lowest BCUT2D eigenvalue weighted by Gasteiger charge is -2.35. The number of piperidine rings is 1. The average molecular weight is 354 g/mol. The minimum atomic E-state index is -0.110. The van der Waals surface area contributed by atoms with Gasteiger partial charge in [-0.3, -0.25) is 9.69 Å². The van der Waals surface area contributed by atoms with Crippen LogP contribution in [0.1, 0.15) is 35.9 Å². The molecule has 24 heavy (non-hydrogen) atoms. The molecule has 5 nitrogen and oxygen atoms in total. The molecule has 1 fully saturated rings. The predicted octanol–water partition coefficient (Wildman–Crippen LogP) is 1.84. The van der Waals surface area contributed by atoms with Crippen molar-refractivity contribution in [1.29, 1.82) is 0 Å². The molecule has 1 aromatic rings. The fourth-order valence-electron chi connectivity index (χ4n) is 3.29. The minimum absolute atomic E-state index is 0.0175. The van der Waals surface area contributed by atoms with Crippen molar-refractivity contribution in [3.05, 3.63) is 21.9 Å². The molecule has 1 saturated heterocycles. The second kappa shape index (κ2) is 9.51. The summed E-state index contributed by atoms with van der Waals surface area (Å²) in [6.07, 6.45) is 2.94. The minimum Gasteiger partial charge on any atom is -0.394 e. The molecule has 0 aliphatic carbocycles. The average Bonchev–Trinajstić information content (AvgIpc) is 3.00. The third-order valence-corrected chi connectivity index (χ3v) is 5.87. The highest BCUT2D eigenvalue weighted by Gasteiger charge is 2.26. The maximum absolute atomic E-state index is 12.9. The number of carbonyl (C=O) groups is 1. The fraction of sp³-hybridized carbons (Fsp3) is 0.722. The summed E-state index contributed by atoms with van der Waals surface area (Å²) in [4.78, 5) is 19.4. The van der Waals surface area contributed by atoms with Crippen molar-refractivity contribution in [1.82, 2.24) is 15.1 Å². The molecule has 0 saturated carbocycles. The van der Waals surface area contributed by atoms with E-state index in [1.165, 1.54) is 9.75 Å². The van der Waals surface area contributed by atoms with Crippen LogP contribution in [0.4, 0.5) is 0 Å². The standard InChI is InChI=1S/C18H31N3O2S/c1-4-15(13-22)21(11-17-6-5-14(2)24-17)18(23)12-20(3)16-7-9-19-10-8-16/h5-6,15-16,19,22H,4,7-13H2,1-3H3/t15-/m1/s1. The molecule has 1 atom stereocenters. The van der Waals surface area contributed by atoms with Gasteiger partial charge in [-0.15, -0.1) is 11.3 Å². The maximum Gasteiger partial charge on any atom is 0.237 e. The van der Waals surface area contributed by atoms with Crippen molar-refractivity contribution < 1.29 is 9.90 Å². The number of aliphatic hydroxyl groups excluding tert-OH is 1. The van der Waals surface area contributed by atoms with Gasteiger partial charge < -0.3 is 15.3 Å². The molecule has 6 heteroatoms. The molecule has 2 rings (SSSR count). The number of hydrogen-bond acceptors (Lipinski definition) is 5. The molecule has 0 aromatic carbocycles. The molecular weight excluding hydrogens is 322 g/mol.